The molecule has 154 valence electrons. The van der Waals surface area contributed by atoms with E-state index in [1.807, 2.05) is 0 Å². The van der Waals surface area contributed by atoms with Gasteiger partial charge >= 0.3 is 6.18 Å². The molecule has 1 fully saturated rings. The number of nitrogens with zero attached hydrogens (tertiary/aromatic N) is 4. The van der Waals surface area contributed by atoms with E-state index >= 15 is 0 Å². The number of carbonyl (C=O) groups excluding carboxylic acids is 2. The number of benzene rings is 1. The summed E-state index contributed by atoms with van der Waals surface area (Å²) >= 11 is 0. The lowest BCUT2D eigenvalue weighted by molar-refractivity contribution is -0.142. The van der Waals surface area contributed by atoms with Gasteiger partial charge in [0.25, 0.3) is 0 Å². The molecule has 9 heteroatoms. The molecule has 2 amide bonds. The average Bonchev–Trinajstić information content (AvgIpc) is 3.25. The van der Waals surface area contributed by atoms with Crippen LogP contribution in [0.2, 0.25) is 0 Å². The highest BCUT2D eigenvalue weighted by molar-refractivity contribution is 5.78. The Morgan fingerprint density at radius 1 is 1.14 bits per heavy atom. The fourth-order valence-corrected chi connectivity index (χ4v) is 3.96. The van der Waals surface area contributed by atoms with Gasteiger partial charge in [0.1, 0.15) is 0 Å². The molecule has 0 unspecified atom stereocenters. The van der Waals surface area contributed by atoms with Crippen LogP contribution in [-0.2, 0) is 35.3 Å². The first-order valence-corrected chi connectivity index (χ1v) is 9.54. The van der Waals surface area contributed by atoms with Crippen LogP contribution in [0.5, 0.6) is 0 Å². The number of aromatic nitrogens is 2. The number of likely N-dealkylation sites (tertiary alicyclic amines) is 1. The Hall–Kier alpha value is -2.84. The molecule has 0 atom stereocenters. The lowest BCUT2D eigenvalue weighted by atomic mass is 10.0. The molecule has 4 rings (SSSR count). The first-order valence-electron chi connectivity index (χ1n) is 9.54. The van der Waals surface area contributed by atoms with Gasteiger partial charge in [-0.2, -0.15) is 18.3 Å². The maximum atomic E-state index is 13.5. The summed E-state index contributed by atoms with van der Waals surface area (Å²) in [5, 5.41) is 3.86. The Bertz CT molecular complexity index is 950. The number of halogens is 3. The summed E-state index contributed by atoms with van der Waals surface area (Å²) in [7, 11) is 0. The summed E-state index contributed by atoms with van der Waals surface area (Å²) < 4.78 is 41.8. The number of fused-ring (bicyclic) bond motifs is 1. The van der Waals surface area contributed by atoms with Crippen LogP contribution in [0.3, 0.4) is 0 Å². The summed E-state index contributed by atoms with van der Waals surface area (Å²) in [5.41, 5.74) is 1.07. The fraction of sp³-hybridized carbons (Fsp3) is 0.450. The van der Waals surface area contributed by atoms with Crippen molar-refractivity contribution in [1.82, 2.24) is 19.6 Å². The lowest BCUT2D eigenvalue weighted by Gasteiger charge is -2.27. The lowest BCUT2D eigenvalue weighted by Crippen LogP contribution is -2.35. The normalized spacial score (nSPS) is 17.0. The van der Waals surface area contributed by atoms with Gasteiger partial charge in [-0.1, -0.05) is 12.1 Å². The van der Waals surface area contributed by atoms with E-state index in [4.69, 9.17) is 0 Å². The van der Waals surface area contributed by atoms with E-state index in [1.54, 1.807) is 29.2 Å². The minimum atomic E-state index is -4.55. The molecule has 0 radical (unpaired) electrons. The molecule has 1 aromatic heterocycles. The maximum Gasteiger partial charge on any atom is 0.435 e. The minimum absolute atomic E-state index is 0.0950. The summed E-state index contributed by atoms with van der Waals surface area (Å²) in [6.45, 7) is 2.97. The highest BCUT2D eigenvalue weighted by Crippen LogP contribution is 2.36. The van der Waals surface area contributed by atoms with Gasteiger partial charge in [0.15, 0.2) is 5.69 Å². The van der Waals surface area contributed by atoms with Crippen molar-refractivity contribution < 1.29 is 22.8 Å². The summed E-state index contributed by atoms with van der Waals surface area (Å²) in [4.78, 5) is 26.8. The number of alkyl halides is 3. The molecule has 0 spiro atoms. The molecule has 1 aromatic carbocycles. The van der Waals surface area contributed by atoms with E-state index < -0.39 is 11.9 Å². The summed E-state index contributed by atoms with van der Waals surface area (Å²) in [6.07, 6.45) is -3.02. The Labute approximate surface area is 165 Å². The van der Waals surface area contributed by atoms with Gasteiger partial charge in [0.05, 0.1) is 17.9 Å². The van der Waals surface area contributed by atoms with Gasteiger partial charge in [0, 0.05) is 38.5 Å². The summed E-state index contributed by atoms with van der Waals surface area (Å²) in [6, 6.07) is 7.01. The third-order valence-electron chi connectivity index (χ3n) is 5.50. The predicted molar refractivity (Wildman–Crippen MR) is 98.0 cm³/mol. The van der Waals surface area contributed by atoms with Crippen molar-refractivity contribution in [1.29, 1.82) is 0 Å². The van der Waals surface area contributed by atoms with Crippen LogP contribution in [0, 0.1) is 0 Å². The second kappa shape index (κ2) is 7.20. The van der Waals surface area contributed by atoms with Crippen molar-refractivity contribution in [3.8, 4) is 5.69 Å². The van der Waals surface area contributed by atoms with Crippen molar-refractivity contribution in [2.75, 3.05) is 13.1 Å². The Kier molecular flexibility index (Phi) is 4.84. The van der Waals surface area contributed by atoms with E-state index in [9.17, 15) is 22.8 Å². The monoisotopic (exact) mass is 406 g/mol. The Morgan fingerprint density at radius 3 is 2.45 bits per heavy atom. The van der Waals surface area contributed by atoms with Crippen LogP contribution in [0.4, 0.5) is 13.2 Å². The highest BCUT2D eigenvalue weighted by atomic mass is 19.4. The topological polar surface area (TPSA) is 58.4 Å². The van der Waals surface area contributed by atoms with Crippen LogP contribution in [0.25, 0.3) is 5.69 Å². The van der Waals surface area contributed by atoms with E-state index in [2.05, 4.69) is 5.10 Å². The zero-order valence-corrected chi connectivity index (χ0v) is 16.0. The first-order chi connectivity index (χ1) is 13.7. The van der Waals surface area contributed by atoms with Crippen LogP contribution in [0.1, 0.15) is 42.3 Å². The number of hydrogen-bond acceptors (Lipinski definition) is 3. The molecule has 6 nitrogen and oxygen atoms in total. The highest BCUT2D eigenvalue weighted by Gasteiger charge is 2.40. The second-order valence-corrected chi connectivity index (χ2v) is 7.46. The van der Waals surface area contributed by atoms with Crippen LogP contribution in [0.15, 0.2) is 24.3 Å². The molecular formula is C20H21F3N4O2. The number of rotatable bonds is 3. The third-order valence-corrected chi connectivity index (χ3v) is 5.50. The predicted octanol–water partition coefficient (Wildman–Crippen LogP) is 2.92. The second-order valence-electron chi connectivity index (χ2n) is 7.46. The standard InChI is InChI=1S/C20H21F3N4O2/c1-13(28)25-10-8-16-17(12-25)27(24-19(16)20(21,22)23)15-6-4-14(5-7-15)11-26-9-2-3-18(26)29/h4-7H,2-3,8-12H2,1H3. The average molecular weight is 406 g/mol. The third kappa shape index (κ3) is 3.73. The molecule has 0 N–H and O–H groups in total. The number of carbonyl (C=O) groups is 2. The molecule has 2 aromatic rings. The minimum Gasteiger partial charge on any atom is -0.338 e. The van der Waals surface area contributed by atoms with Gasteiger partial charge in [-0.3, -0.25) is 9.59 Å². The van der Waals surface area contributed by atoms with Crippen LogP contribution in [-0.4, -0.2) is 44.5 Å². The van der Waals surface area contributed by atoms with E-state index in [-0.39, 0.29) is 36.9 Å². The molecule has 0 saturated carbocycles. The van der Waals surface area contributed by atoms with E-state index in [0.29, 0.717) is 24.3 Å². The van der Waals surface area contributed by atoms with Gasteiger partial charge in [-0.25, -0.2) is 4.68 Å². The van der Waals surface area contributed by atoms with E-state index in [1.165, 1.54) is 16.5 Å². The molecule has 3 heterocycles. The van der Waals surface area contributed by atoms with Crippen molar-refractivity contribution in [2.24, 2.45) is 0 Å². The Balaban J connectivity index is 1.66. The van der Waals surface area contributed by atoms with Gasteiger partial charge in [-0.05, 0) is 30.5 Å². The SMILES string of the molecule is CC(=O)N1CCc2c(C(F)(F)F)nn(-c3ccc(CN4CCCC4=O)cc3)c2C1. The first kappa shape index (κ1) is 19.5. The van der Waals surface area contributed by atoms with Crippen LogP contribution >= 0.6 is 0 Å². The zero-order valence-electron chi connectivity index (χ0n) is 16.0. The van der Waals surface area contributed by atoms with Gasteiger partial charge in [-0.15, -0.1) is 0 Å². The van der Waals surface area contributed by atoms with E-state index in [0.717, 1.165) is 18.5 Å². The van der Waals surface area contributed by atoms with Crippen molar-refractivity contribution in [3.63, 3.8) is 0 Å². The molecule has 2 aliphatic rings. The summed E-state index contributed by atoms with van der Waals surface area (Å²) in [5.74, 6) is -0.0584. The van der Waals surface area contributed by atoms with Crippen molar-refractivity contribution in [2.45, 2.75) is 45.5 Å². The molecule has 0 aliphatic carbocycles. The Morgan fingerprint density at radius 2 is 1.86 bits per heavy atom. The maximum absolute atomic E-state index is 13.5. The number of hydrogen-bond donors (Lipinski definition) is 0. The van der Waals surface area contributed by atoms with Crippen molar-refractivity contribution in [3.05, 3.63) is 46.8 Å². The smallest absolute Gasteiger partial charge is 0.338 e. The largest absolute Gasteiger partial charge is 0.435 e. The van der Waals surface area contributed by atoms with Gasteiger partial charge < -0.3 is 9.80 Å². The van der Waals surface area contributed by atoms with Gasteiger partial charge in [0.2, 0.25) is 11.8 Å². The fourth-order valence-electron chi connectivity index (χ4n) is 3.96. The van der Waals surface area contributed by atoms with Crippen molar-refractivity contribution >= 4 is 11.8 Å². The quantitative estimate of drug-likeness (QED) is 0.788. The van der Waals surface area contributed by atoms with Crippen LogP contribution < -0.4 is 0 Å². The molecule has 0 bridgehead atoms. The molecule has 29 heavy (non-hydrogen) atoms. The number of amides is 2. The molecule has 1 saturated heterocycles. The zero-order chi connectivity index (χ0) is 20.8. The molecular weight excluding hydrogens is 385 g/mol. The molecule has 2 aliphatic heterocycles.